The zero-order chi connectivity index (χ0) is 11.9. The number of hydrogen-bond acceptors (Lipinski definition) is 2. The van der Waals surface area contributed by atoms with Gasteiger partial charge in [-0.2, -0.15) is 0 Å². The molecule has 2 saturated carbocycles. The molecule has 2 aliphatic carbocycles. The maximum absolute atomic E-state index is 4.88. The molecular formula is C14H24N2S. The predicted octanol–water partition coefficient (Wildman–Crippen LogP) is 3.43. The number of nitrogens with one attached hydrogen (secondary N) is 1. The lowest BCUT2D eigenvalue weighted by molar-refractivity contribution is 0.405. The minimum atomic E-state index is 0.333. The minimum Gasteiger partial charge on any atom is -0.359 e. The van der Waals surface area contributed by atoms with Crippen molar-refractivity contribution in [1.29, 1.82) is 0 Å². The molecule has 0 bridgehead atoms. The summed E-state index contributed by atoms with van der Waals surface area (Å²) in [5.41, 5.74) is 0.985. The topological polar surface area (TPSA) is 24.4 Å². The van der Waals surface area contributed by atoms with E-state index in [4.69, 9.17) is 4.99 Å². The van der Waals surface area contributed by atoms with Gasteiger partial charge in [0, 0.05) is 17.8 Å². The Labute approximate surface area is 109 Å². The largest absolute Gasteiger partial charge is 0.359 e. The number of nitrogens with zero attached hydrogens (tertiary/aromatic N) is 1. The Kier molecular flexibility index (Phi) is 2.92. The highest BCUT2D eigenvalue weighted by molar-refractivity contribution is 8.14. The molecule has 0 aromatic heterocycles. The molecule has 0 aromatic carbocycles. The summed E-state index contributed by atoms with van der Waals surface area (Å²) in [6.45, 7) is 5.66. The Morgan fingerprint density at radius 1 is 1.29 bits per heavy atom. The molecule has 0 radical (unpaired) electrons. The van der Waals surface area contributed by atoms with E-state index >= 15 is 0 Å². The molecule has 3 rings (SSSR count). The van der Waals surface area contributed by atoms with Gasteiger partial charge < -0.3 is 5.32 Å². The Balaban J connectivity index is 1.59. The van der Waals surface area contributed by atoms with Gasteiger partial charge in [0.25, 0.3) is 0 Å². The summed E-state index contributed by atoms with van der Waals surface area (Å²) in [6, 6.07) is 0. The van der Waals surface area contributed by atoms with Crippen LogP contribution >= 0.6 is 11.8 Å². The summed E-state index contributed by atoms with van der Waals surface area (Å²) in [5, 5.41) is 4.90. The number of thioether (sulfide) groups is 1. The van der Waals surface area contributed by atoms with E-state index in [1.807, 2.05) is 11.8 Å². The fourth-order valence-electron chi connectivity index (χ4n) is 3.00. The van der Waals surface area contributed by atoms with Crippen molar-refractivity contribution in [2.24, 2.45) is 16.3 Å². The lowest BCUT2D eigenvalue weighted by atomic mass is 9.96. The van der Waals surface area contributed by atoms with Gasteiger partial charge in [0.1, 0.15) is 0 Å². The van der Waals surface area contributed by atoms with Crippen LogP contribution in [0.15, 0.2) is 4.99 Å². The standard InChI is InChI=1S/C14H24N2S/c1-3-14(4-2)10-17-12(16-14)15-9-13(7-8-13)11-5-6-11/h11H,3-10H2,1-2H3,(H,15,16). The average Bonchev–Trinajstić information content (AvgIpc) is 3.24. The molecule has 0 unspecified atom stereocenters. The third kappa shape index (κ3) is 2.23. The van der Waals surface area contributed by atoms with Crippen molar-refractivity contribution < 1.29 is 0 Å². The molecule has 0 aromatic rings. The van der Waals surface area contributed by atoms with Gasteiger partial charge in [0.2, 0.25) is 0 Å². The highest BCUT2D eigenvalue weighted by Gasteiger charge is 2.53. The van der Waals surface area contributed by atoms with Crippen LogP contribution in [-0.4, -0.2) is 23.0 Å². The molecule has 17 heavy (non-hydrogen) atoms. The van der Waals surface area contributed by atoms with Gasteiger partial charge in [-0.1, -0.05) is 25.6 Å². The van der Waals surface area contributed by atoms with Gasteiger partial charge in [0.15, 0.2) is 5.17 Å². The van der Waals surface area contributed by atoms with E-state index in [-0.39, 0.29) is 0 Å². The maximum Gasteiger partial charge on any atom is 0.157 e. The summed E-state index contributed by atoms with van der Waals surface area (Å²) < 4.78 is 0. The zero-order valence-corrected chi connectivity index (χ0v) is 11.9. The highest BCUT2D eigenvalue weighted by atomic mass is 32.2. The van der Waals surface area contributed by atoms with Crippen LogP contribution in [0.3, 0.4) is 0 Å². The molecule has 1 heterocycles. The molecule has 1 aliphatic heterocycles. The number of amidine groups is 1. The van der Waals surface area contributed by atoms with Crippen molar-refractivity contribution in [2.75, 3.05) is 12.3 Å². The second-order valence-electron chi connectivity index (χ2n) is 6.16. The van der Waals surface area contributed by atoms with Crippen molar-refractivity contribution in [3.63, 3.8) is 0 Å². The van der Waals surface area contributed by atoms with Gasteiger partial charge in [-0.15, -0.1) is 0 Å². The average molecular weight is 252 g/mol. The Morgan fingerprint density at radius 2 is 2.00 bits per heavy atom. The van der Waals surface area contributed by atoms with E-state index in [1.165, 1.54) is 49.4 Å². The second-order valence-corrected chi connectivity index (χ2v) is 7.12. The summed E-state index contributed by atoms with van der Waals surface area (Å²) >= 11 is 1.94. The van der Waals surface area contributed by atoms with Gasteiger partial charge in [-0.3, -0.25) is 4.99 Å². The van der Waals surface area contributed by atoms with Crippen LogP contribution in [0.4, 0.5) is 0 Å². The molecule has 0 spiro atoms. The lowest BCUT2D eigenvalue weighted by Crippen LogP contribution is -2.42. The first-order valence-corrected chi connectivity index (χ1v) is 8.16. The second kappa shape index (κ2) is 4.18. The van der Waals surface area contributed by atoms with Crippen molar-refractivity contribution in [1.82, 2.24) is 5.32 Å². The fourth-order valence-corrected chi connectivity index (χ4v) is 4.34. The zero-order valence-electron chi connectivity index (χ0n) is 11.1. The monoisotopic (exact) mass is 252 g/mol. The number of rotatable bonds is 5. The highest BCUT2D eigenvalue weighted by Crippen LogP contribution is 2.61. The van der Waals surface area contributed by atoms with Gasteiger partial charge in [-0.25, -0.2) is 0 Å². The van der Waals surface area contributed by atoms with Crippen LogP contribution in [0.25, 0.3) is 0 Å². The molecule has 3 heteroatoms. The Hall–Kier alpha value is -0.180. The molecule has 3 aliphatic rings. The normalized spacial score (nSPS) is 31.5. The Bertz CT molecular complexity index is 325. The van der Waals surface area contributed by atoms with Crippen LogP contribution < -0.4 is 5.32 Å². The first-order valence-electron chi connectivity index (χ1n) is 7.17. The van der Waals surface area contributed by atoms with E-state index in [2.05, 4.69) is 19.2 Å². The lowest BCUT2D eigenvalue weighted by Gasteiger charge is -2.25. The van der Waals surface area contributed by atoms with E-state index < -0.39 is 0 Å². The molecule has 1 N–H and O–H groups in total. The van der Waals surface area contributed by atoms with Crippen LogP contribution in [0, 0.1) is 11.3 Å². The summed E-state index contributed by atoms with van der Waals surface area (Å²) in [7, 11) is 0. The number of hydrogen-bond donors (Lipinski definition) is 1. The first kappa shape index (κ1) is 11.9. The molecule has 0 atom stereocenters. The fraction of sp³-hybridized carbons (Fsp3) is 0.929. The van der Waals surface area contributed by atoms with Gasteiger partial charge >= 0.3 is 0 Å². The maximum atomic E-state index is 4.88. The summed E-state index contributed by atoms with van der Waals surface area (Å²) in [4.78, 5) is 4.88. The molecule has 96 valence electrons. The molecule has 3 fully saturated rings. The van der Waals surface area contributed by atoms with E-state index in [1.54, 1.807) is 0 Å². The predicted molar refractivity (Wildman–Crippen MR) is 75.6 cm³/mol. The quantitative estimate of drug-likeness (QED) is 0.810. The SMILES string of the molecule is CCC1(CC)CSC(=NCC2(C3CC3)CC2)N1. The van der Waals surface area contributed by atoms with Crippen LogP contribution in [-0.2, 0) is 0 Å². The van der Waals surface area contributed by atoms with E-state index in [0.717, 1.165) is 12.5 Å². The third-order valence-corrected chi connectivity index (χ3v) is 6.29. The first-order chi connectivity index (χ1) is 8.22. The molecule has 0 amide bonds. The van der Waals surface area contributed by atoms with Crippen molar-refractivity contribution in [3.8, 4) is 0 Å². The van der Waals surface area contributed by atoms with E-state index in [0.29, 0.717) is 11.0 Å². The smallest absolute Gasteiger partial charge is 0.157 e. The van der Waals surface area contributed by atoms with Crippen molar-refractivity contribution in [3.05, 3.63) is 0 Å². The van der Waals surface area contributed by atoms with Crippen molar-refractivity contribution in [2.45, 2.75) is 57.9 Å². The van der Waals surface area contributed by atoms with Gasteiger partial charge in [-0.05, 0) is 49.9 Å². The Morgan fingerprint density at radius 3 is 2.47 bits per heavy atom. The molecule has 2 nitrogen and oxygen atoms in total. The van der Waals surface area contributed by atoms with Gasteiger partial charge in [0.05, 0.1) is 0 Å². The number of aliphatic imine (C=N–C) groups is 1. The van der Waals surface area contributed by atoms with E-state index in [9.17, 15) is 0 Å². The van der Waals surface area contributed by atoms with Crippen LogP contribution in [0.5, 0.6) is 0 Å². The third-order valence-electron chi connectivity index (χ3n) is 5.08. The molecular weight excluding hydrogens is 228 g/mol. The summed E-state index contributed by atoms with van der Waals surface area (Å²) in [6.07, 6.45) is 8.24. The minimum absolute atomic E-state index is 0.333. The summed E-state index contributed by atoms with van der Waals surface area (Å²) in [5.74, 6) is 2.23. The van der Waals surface area contributed by atoms with Crippen LogP contribution in [0.2, 0.25) is 0 Å². The van der Waals surface area contributed by atoms with Crippen molar-refractivity contribution >= 4 is 16.9 Å². The molecule has 1 saturated heterocycles. The van der Waals surface area contributed by atoms with Crippen LogP contribution in [0.1, 0.15) is 52.4 Å².